The monoisotopic (exact) mass is 282 g/mol. The SMILES string of the molecule is C[C@H](N)CCc1cc(F)ccc1NC(=O)OC(C)(C)C. The fraction of sp³-hybridized carbons (Fsp3) is 0.533. The topological polar surface area (TPSA) is 64.3 Å². The average molecular weight is 282 g/mol. The number of carbonyl (C=O) groups excluding carboxylic acids is 1. The highest BCUT2D eigenvalue weighted by molar-refractivity contribution is 5.85. The van der Waals surface area contributed by atoms with E-state index in [1.165, 1.54) is 18.2 Å². The van der Waals surface area contributed by atoms with Gasteiger partial charge in [-0.1, -0.05) is 0 Å². The summed E-state index contributed by atoms with van der Waals surface area (Å²) >= 11 is 0. The van der Waals surface area contributed by atoms with E-state index in [9.17, 15) is 9.18 Å². The molecule has 0 aliphatic carbocycles. The first-order valence-corrected chi connectivity index (χ1v) is 6.71. The molecule has 0 fully saturated rings. The first-order valence-electron chi connectivity index (χ1n) is 6.71. The van der Waals surface area contributed by atoms with E-state index >= 15 is 0 Å². The van der Waals surface area contributed by atoms with Gasteiger partial charge in [0.15, 0.2) is 0 Å². The van der Waals surface area contributed by atoms with Crippen LogP contribution in [0.15, 0.2) is 18.2 Å². The summed E-state index contributed by atoms with van der Waals surface area (Å²) in [5.41, 5.74) is 6.41. The fourth-order valence-corrected chi connectivity index (χ4v) is 1.69. The number of nitrogens with one attached hydrogen (secondary N) is 1. The zero-order valence-electron chi connectivity index (χ0n) is 12.5. The molecule has 0 bridgehead atoms. The maximum Gasteiger partial charge on any atom is 0.412 e. The molecular formula is C15H23FN2O2. The van der Waals surface area contributed by atoms with Crippen LogP contribution >= 0.6 is 0 Å². The normalized spacial score (nSPS) is 12.9. The number of halogens is 1. The predicted octanol–water partition coefficient (Wildman–Crippen LogP) is 3.45. The van der Waals surface area contributed by atoms with Gasteiger partial charge in [-0.15, -0.1) is 0 Å². The second-order valence-corrected chi connectivity index (χ2v) is 5.94. The molecule has 5 heteroatoms. The van der Waals surface area contributed by atoms with Gasteiger partial charge in [0.05, 0.1) is 0 Å². The largest absolute Gasteiger partial charge is 0.444 e. The molecule has 0 aliphatic heterocycles. The van der Waals surface area contributed by atoms with E-state index in [0.717, 1.165) is 0 Å². The van der Waals surface area contributed by atoms with Gasteiger partial charge in [-0.05, 0) is 64.3 Å². The van der Waals surface area contributed by atoms with Crippen molar-refractivity contribution < 1.29 is 13.9 Å². The van der Waals surface area contributed by atoms with Crippen LogP contribution in [0, 0.1) is 5.82 Å². The van der Waals surface area contributed by atoms with Crippen LogP contribution in [0.25, 0.3) is 0 Å². The smallest absolute Gasteiger partial charge is 0.412 e. The number of ether oxygens (including phenoxy) is 1. The molecule has 0 unspecified atom stereocenters. The van der Waals surface area contributed by atoms with E-state index in [4.69, 9.17) is 10.5 Å². The Bertz CT molecular complexity index is 467. The summed E-state index contributed by atoms with van der Waals surface area (Å²) in [7, 11) is 0. The molecule has 1 atom stereocenters. The molecular weight excluding hydrogens is 259 g/mol. The fourth-order valence-electron chi connectivity index (χ4n) is 1.69. The maximum atomic E-state index is 13.3. The van der Waals surface area contributed by atoms with Gasteiger partial charge in [0.25, 0.3) is 0 Å². The van der Waals surface area contributed by atoms with Crippen LogP contribution in [0.5, 0.6) is 0 Å². The van der Waals surface area contributed by atoms with Crippen molar-refractivity contribution >= 4 is 11.8 Å². The quantitative estimate of drug-likeness (QED) is 0.889. The van der Waals surface area contributed by atoms with Crippen LogP contribution in [0.4, 0.5) is 14.9 Å². The van der Waals surface area contributed by atoms with Gasteiger partial charge in [-0.3, -0.25) is 5.32 Å². The molecule has 0 aromatic heterocycles. The summed E-state index contributed by atoms with van der Waals surface area (Å²) < 4.78 is 18.5. The van der Waals surface area contributed by atoms with Gasteiger partial charge in [-0.25, -0.2) is 9.18 Å². The van der Waals surface area contributed by atoms with Crippen LogP contribution < -0.4 is 11.1 Å². The van der Waals surface area contributed by atoms with Crippen molar-refractivity contribution in [3.05, 3.63) is 29.6 Å². The Morgan fingerprint density at radius 3 is 2.65 bits per heavy atom. The molecule has 0 aliphatic rings. The second-order valence-electron chi connectivity index (χ2n) is 5.94. The summed E-state index contributed by atoms with van der Waals surface area (Å²) in [6, 6.07) is 4.28. The Balaban J connectivity index is 2.80. The van der Waals surface area contributed by atoms with Crippen molar-refractivity contribution in [3.63, 3.8) is 0 Å². The molecule has 112 valence electrons. The highest BCUT2D eigenvalue weighted by Gasteiger charge is 2.17. The number of rotatable bonds is 4. The molecule has 1 amide bonds. The van der Waals surface area contributed by atoms with Crippen LogP contribution in [0.3, 0.4) is 0 Å². The van der Waals surface area contributed by atoms with E-state index in [1.54, 1.807) is 20.8 Å². The first kappa shape index (κ1) is 16.4. The molecule has 0 radical (unpaired) electrons. The lowest BCUT2D eigenvalue weighted by Crippen LogP contribution is -2.27. The highest BCUT2D eigenvalue weighted by atomic mass is 19.1. The van der Waals surface area contributed by atoms with Crippen molar-refractivity contribution in [2.45, 2.75) is 52.2 Å². The summed E-state index contributed by atoms with van der Waals surface area (Å²) in [6.07, 6.45) is 0.763. The summed E-state index contributed by atoms with van der Waals surface area (Å²) in [5.74, 6) is -0.334. The minimum absolute atomic E-state index is 0.0210. The molecule has 1 rings (SSSR count). The lowest BCUT2D eigenvalue weighted by Gasteiger charge is -2.20. The van der Waals surface area contributed by atoms with Crippen LogP contribution in [0.1, 0.15) is 39.7 Å². The standard InChI is InChI=1S/C15H23FN2O2/c1-10(17)5-6-11-9-12(16)7-8-13(11)18-14(19)20-15(2,3)4/h7-10H,5-6,17H2,1-4H3,(H,18,19)/t10-/m0/s1. The number of hydrogen-bond acceptors (Lipinski definition) is 3. The molecule has 3 N–H and O–H groups in total. The molecule has 1 aromatic carbocycles. The van der Waals surface area contributed by atoms with Crippen LogP contribution in [0.2, 0.25) is 0 Å². The number of aryl methyl sites for hydroxylation is 1. The van der Waals surface area contributed by atoms with Gasteiger partial charge in [0, 0.05) is 11.7 Å². The van der Waals surface area contributed by atoms with Crippen molar-refractivity contribution in [2.24, 2.45) is 5.73 Å². The molecule has 4 nitrogen and oxygen atoms in total. The van der Waals surface area contributed by atoms with E-state index in [-0.39, 0.29) is 11.9 Å². The van der Waals surface area contributed by atoms with Gasteiger partial charge in [0.1, 0.15) is 11.4 Å². The zero-order valence-corrected chi connectivity index (χ0v) is 12.5. The van der Waals surface area contributed by atoms with Crippen molar-refractivity contribution in [1.29, 1.82) is 0 Å². The molecule has 0 spiro atoms. The minimum atomic E-state index is -0.573. The van der Waals surface area contributed by atoms with Gasteiger partial charge < -0.3 is 10.5 Å². The van der Waals surface area contributed by atoms with Gasteiger partial charge >= 0.3 is 6.09 Å². The summed E-state index contributed by atoms with van der Waals surface area (Å²) in [5, 5.41) is 2.65. The number of benzene rings is 1. The predicted molar refractivity (Wildman–Crippen MR) is 78.2 cm³/mol. The number of amides is 1. The Hall–Kier alpha value is -1.62. The zero-order chi connectivity index (χ0) is 15.3. The Kier molecular flexibility index (Phi) is 5.51. The third-order valence-corrected chi connectivity index (χ3v) is 2.57. The van der Waals surface area contributed by atoms with E-state index in [1.807, 2.05) is 6.92 Å². The first-order chi connectivity index (χ1) is 9.17. The molecule has 0 saturated carbocycles. The maximum absolute atomic E-state index is 13.3. The van der Waals surface area contributed by atoms with Gasteiger partial charge in [0.2, 0.25) is 0 Å². The number of hydrogen-bond donors (Lipinski definition) is 2. The van der Waals surface area contributed by atoms with Crippen molar-refractivity contribution in [1.82, 2.24) is 0 Å². The Labute approximate surface area is 119 Å². The van der Waals surface area contributed by atoms with E-state index < -0.39 is 11.7 Å². The third kappa shape index (κ3) is 6.02. The molecule has 0 saturated heterocycles. The average Bonchev–Trinajstić information content (AvgIpc) is 2.26. The summed E-state index contributed by atoms with van der Waals surface area (Å²) in [4.78, 5) is 11.8. The molecule has 0 heterocycles. The summed E-state index contributed by atoms with van der Waals surface area (Å²) in [6.45, 7) is 7.25. The molecule has 1 aromatic rings. The Morgan fingerprint density at radius 1 is 1.45 bits per heavy atom. The highest BCUT2D eigenvalue weighted by Crippen LogP contribution is 2.20. The number of carbonyl (C=O) groups is 1. The minimum Gasteiger partial charge on any atom is -0.444 e. The van der Waals surface area contributed by atoms with Crippen molar-refractivity contribution in [2.75, 3.05) is 5.32 Å². The van der Waals surface area contributed by atoms with E-state index in [2.05, 4.69) is 5.32 Å². The lowest BCUT2D eigenvalue weighted by atomic mass is 10.0. The van der Waals surface area contributed by atoms with Gasteiger partial charge in [-0.2, -0.15) is 0 Å². The molecule has 20 heavy (non-hydrogen) atoms. The lowest BCUT2D eigenvalue weighted by molar-refractivity contribution is 0.0635. The second kappa shape index (κ2) is 6.70. The third-order valence-electron chi connectivity index (χ3n) is 2.57. The van der Waals surface area contributed by atoms with Crippen LogP contribution in [-0.2, 0) is 11.2 Å². The number of nitrogens with two attached hydrogens (primary N) is 1. The van der Waals surface area contributed by atoms with Crippen LogP contribution in [-0.4, -0.2) is 17.7 Å². The Morgan fingerprint density at radius 2 is 2.10 bits per heavy atom. The number of anilines is 1. The van der Waals surface area contributed by atoms with Crippen molar-refractivity contribution in [3.8, 4) is 0 Å². The van der Waals surface area contributed by atoms with E-state index in [0.29, 0.717) is 24.1 Å².